The minimum Gasteiger partial charge on any atom is -0.481 e. The van der Waals surface area contributed by atoms with E-state index >= 15 is 0 Å². The summed E-state index contributed by atoms with van der Waals surface area (Å²) in [5.74, 6) is 0.513. The fourth-order valence-electron chi connectivity index (χ4n) is 2.16. The average Bonchev–Trinajstić information content (AvgIpc) is 2.96. The van der Waals surface area contributed by atoms with Crippen LogP contribution in [0.5, 0.6) is 5.75 Å². The maximum absolute atomic E-state index is 12.1. The van der Waals surface area contributed by atoms with Gasteiger partial charge in [-0.3, -0.25) is 4.79 Å². The van der Waals surface area contributed by atoms with Crippen molar-refractivity contribution in [2.45, 2.75) is 19.6 Å². The molecule has 5 nitrogen and oxygen atoms in total. The maximum Gasteiger partial charge on any atom is 0.261 e. The molecule has 0 aliphatic carbocycles. The second-order valence-corrected chi connectivity index (χ2v) is 5.00. The van der Waals surface area contributed by atoms with E-state index in [-0.39, 0.29) is 5.91 Å². The van der Waals surface area contributed by atoms with E-state index in [0.717, 1.165) is 11.2 Å². The summed E-state index contributed by atoms with van der Waals surface area (Å²) in [6.45, 7) is 2.11. The minimum atomic E-state index is -0.556. The highest BCUT2D eigenvalue weighted by molar-refractivity contribution is 5.80. The van der Waals surface area contributed by atoms with Gasteiger partial charge in [-0.05, 0) is 37.3 Å². The topological polar surface area (TPSA) is 55.6 Å². The standard InChI is InChI=1S/C17H17N3O2/c1-13(22-16-8-3-2-4-9-16)17(21)18-12-14-11-15-7-5-6-10-20(15)19-14/h2-11,13H,12H2,1H3,(H,18,21). The smallest absolute Gasteiger partial charge is 0.261 e. The number of rotatable bonds is 5. The van der Waals surface area contributed by atoms with Crippen LogP contribution in [-0.4, -0.2) is 21.6 Å². The zero-order valence-corrected chi connectivity index (χ0v) is 12.3. The molecule has 1 unspecified atom stereocenters. The number of amides is 1. The summed E-state index contributed by atoms with van der Waals surface area (Å²) in [5, 5.41) is 7.23. The third-order valence-corrected chi connectivity index (χ3v) is 3.29. The van der Waals surface area contributed by atoms with E-state index in [2.05, 4.69) is 10.4 Å². The molecule has 22 heavy (non-hydrogen) atoms. The van der Waals surface area contributed by atoms with Crippen LogP contribution >= 0.6 is 0 Å². The van der Waals surface area contributed by atoms with Crippen LogP contribution in [0, 0.1) is 0 Å². The van der Waals surface area contributed by atoms with Crippen molar-refractivity contribution in [1.82, 2.24) is 14.9 Å². The van der Waals surface area contributed by atoms with Crippen molar-refractivity contribution in [2.75, 3.05) is 0 Å². The quantitative estimate of drug-likeness (QED) is 0.786. The lowest BCUT2D eigenvalue weighted by atomic mass is 10.3. The summed E-state index contributed by atoms with van der Waals surface area (Å²) in [5.41, 5.74) is 1.81. The first-order valence-corrected chi connectivity index (χ1v) is 7.15. The third kappa shape index (κ3) is 3.25. The van der Waals surface area contributed by atoms with Gasteiger partial charge in [-0.1, -0.05) is 24.3 Å². The van der Waals surface area contributed by atoms with Crippen molar-refractivity contribution < 1.29 is 9.53 Å². The number of carbonyl (C=O) groups is 1. The van der Waals surface area contributed by atoms with Crippen LogP contribution < -0.4 is 10.1 Å². The molecular formula is C17H17N3O2. The van der Waals surface area contributed by atoms with Crippen LogP contribution in [-0.2, 0) is 11.3 Å². The van der Waals surface area contributed by atoms with Crippen LogP contribution in [0.1, 0.15) is 12.6 Å². The summed E-state index contributed by atoms with van der Waals surface area (Å²) < 4.78 is 7.37. The first-order valence-electron chi connectivity index (χ1n) is 7.15. The van der Waals surface area contributed by atoms with Gasteiger partial charge in [0.05, 0.1) is 17.8 Å². The van der Waals surface area contributed by atoms with E-state index in [0.29, 0.717) is 12.3 Å². The molecule has 1 aromatic carbocycles. The van der Waals surface area contributed by atoms with E-state index in [9.17, 15) is 4.79 Å². The summed E-state index contributed by atoms with van der Waals surface area (Å²) in [4.78, 5) is 12.1. The Morgan fingerprint density at radius 3 is 2.77 bits per heavy atom. The fourth-order valence-corrected chi connectivity index (χ4v) is 2.16. The Labute approximate surface area is 128 Å². The van der Waals surface area contributed by atoms with Gasteiger partial charge in [0.1, 0.15) is 5.75 Å². The molecule has 0 fully saturated rings. The molecule has 0 radical (unpaired) electrons. The van der Waals surface area contributed by atoms with Gasteiger partial charge in [0, 0.05) is 6.20 Å². The van der Waals surface area contributed by atoms with Crippen molar-refractivity contribution in [1.29, 1.82) is 0 Å². The van der Waals surface area contributed by atoms with Crippen molar-refractivity contribution in [3.8, 4) is 5.75 Å². The number of hydrogen-bond acceptors (Lipinski definition) is 3. The predicted octanol–water partition coefficient (Wildman–Crippen LogP) is 2.42. The number of nitrogens with zero attached hydrogens (tertiary/aromatic N) is 2. The van der Waals surface area contributed by atoms with E-state index < -0.39 is 6.10 Å². The molecule has 1 N–H and O–H groups in total. The van der Waals surface area contributed by atoms with Gasteiger partial charge in [-0.25, -0.2) is 4.52 Å². The van der Waals surface area contributed by atoms with Crippen molar-refractivity contribution in [3.05, 3.63) is 66.5 Å². The van der Waals surface area contributed by atoms with E-state index in [1.54, 1.807) is 11.4 Å². The molecule has 5 heteroatoms. The molecule has 0 aliphatic rings. The van der Waals surface area contributed by atoms with E-state index in [4.69, 9.17) is 4.74 Å². The first kappa shape index (κ1) is 14.1. The number of nitrogens with one attached hydrogen (secondary N) is 1. The van der Waals surface area contributed by atoms with Crippen molar-refractivity contribution in [3.63, 3.8) is 0 Å². The molecule has 0 spiro atoms. The Morgan fingerprint density at radius 2 is 2.00 bits per heavy atom. The molecule has 3 rings (SSSR count). The average molecular weight is 295 g/mol. The maximum atomic E-state index is 12.1. The normalized spacial score (nSPS) is 12.0. The summed E-state index contributed by atoms with van der Waals surface area (Å²) in [7, 11) is 0. The van der Waals surface area contributed by atoms with Crippen LogP contribution in [0.4, 0.5) is 0 Å². The zero-order valence-electron chi connectivity index (χ0n) is 12.3. The molecule has 1 amide bonds. The SMILES string of the molecule is CC(Oc1ccccc1)C(=O)NCc1cc2ccccn2n1. The molecular weight excluding hydrogens is 278 g/mol. The molecule has 2 heterocycles. The van der Waals surface area contributed by atoms with Gasteiger partial charge >= 0.3 is 0 Å². The Morgan fingerprint density at radius 1 is 1.23 bits per heavy atom. The van der Waals surface area contributed by atoms with E-state index in [1.807, 2.05) is 60.8 Å². The highest BCUT2D eigenvalue weighted by Crippen LogP contribution is 2.11. The molecule has 0 aliphatic heterocycles. The molecule has 0 bridgehead atoms. The summed E-state index contributed by atoms with van der Waals surface area (Å²) in [6.07, 6.45) is 1.32. The highest BCUT2D eigenvalue weighted by atomic mass is 16.5. The predicted molar refractivity (Wildman–Crippen MR) is 83.6 cm³/mol. The third-order valence-electron chi connectivity index (χ3n) is 3.29. The lowest BCUT2D eigenvalue weighted by Crippen LogP contribution is -2.36. The number of aromatic nitrogens is 2. The number of para-hydroxylation sites is 1. The second kappa shape index (κ2) is 6.30. The molecule has 1 atom stereocenters. The largest absolute Gasteiger partial charge is 0.481 e. The zero-order chi connectivity index (χ0) is 15.4. The van der Waals surface area contributed by atoms with Gasteiger partial charge in [-0.15, -0.1) is 0 Å². The highest BCUT2D eigenvalue weighted by Gasteiger charge is 2.14. The van der Waals surface area contributed by atoms with Crippen LogP contribution in [0.25, 0.3) is 5.52 Å². The number of hydrogen-bond donors (Lipinski definition) is 1. The molecule has 112 valence electrons. The number of carbonyl (C=O) groups excluding carboxylic acids is 1. The Balaban J connectivity index is 1.57. The molecule has 0 saturated carbocycles. The Bertz CT molecular complexity index is 735. The van der Waals surface area contributed by atoms with Crippen LogP contribution in [0.15, 0.2) is 60.8 Å². The van der Waals surface area contributed by atoms with Crippen LogP contribution in [0.2, 0.25) is 0 Å². The van der Waals surface area contributed by atoms with Crippen LogP contribution in [0.3, 0.4) is 0 Å². The minimum absolute atomic E-state index is 0.166. The number of pyridine rings is 1. The number of benzene rings is 1. The summed E-state index contributed by atoms with van der Waals surface area (Å²) >= 11 is 0. The van der Waals surface area contributed by atoms with Gasteiger partial charge < -0.3 is 10.1 Å². The van der Waals surface area contributed by atoms with Gasteiger partial charge in [-0.2, -0.15) is 5.10 Å². The Hall–Kier alpha value is -2.82. The van der Waals surface area contributed by atoms with Crippen molar-refractivity contribution in [2.24, 2.45) is 0 Å². The second-order valence-electron chi connectivity index (χ2n) is 5.00. The monoisotopic (exact) mass is 295 g/mol. The lowest BCUT2D eigenvalue weighted by molar-refractivity contribution is -0.127. The number of ether oxygens (including phenoxy) is 1. The van der Waals surface area contributed by atoms with Gasteiger partial charge in [0.15, 0.2) is 6.10 Å². The molecule has 2 aromatic heterocycles. The van der Waals surface area contributed by atoms with E-state index in [1.165, 1.54) is 0 Å². The molecule has 0 saturated heterocycles. The Kier molecular flexibility index (Phi) is 4.05. The van der Waals surface area contributed by atoms with Gasteiger partial charge in [0.25, 0.3) is 5.91 Å². The van der Waals surface area contributed by atoms with Crippen molar-refractivity contribution >= 4 is 11.4 Å². The number of fused-ring (bicyclic) bond motifs is 1. The lowest BCUT2D eigenvalue weighted by Gasteiger charge is -2.14. The first-order chi connectivity index (χ1) is 10.7. The fraction of sp³-hybridized carbons (Fsp3) is 0.176. The van der Waals surface area contributed by atoms with Gasteiger partial charge in [0.2, 0.25) is 0 Å². The molecule has 3 aromatic rings. The summed E-state index contributed by atoms with van der Waals surface area (Å²) in [6, 6.07) is 17.1.